The molecule has 8 nitrogen and oxygen atoms in total. The zero-order valence-corrected chi connectivity index (χ0v) is 8.22. The Morgan fingerprint density at radius 1 is 1.27 bits per heavy atom. The smallest absolute Gasteiger partial charge is 0.870 e. The molecular weight excluding hydrogens is 211 g/mol. The maximum atomic E-state index is 8.77. The Hall–Kier alpha value is 0.600. The molecule has 0 saturated heterocycles. The molecule has 5 N–H and O–H groups in total. The second-order valence-electron chi connectivity index (χ2n) is 0.773. The van der Waals surface area contributed by atoms with Gasteiger partial charge in [0.1, 0.15) is 0 Å². The van der Waals surface area contributed by atoms with Gasteiger partial charge in [-0.2, -0.15) is 0 Å². The van der Waals surface area contributed by atoms with Crippen LogP contribution in [0.15, 0.2) is 0 Å². The Kier molecular flexibility index (Phi) is 21.7. The number of hydrogen-bond donors (Lipinski definition) is 4. The van der Waals surface area contributed by atoms with Crippen LogP contribution in [0.1, 0.15) is 0 Å². The van der Waals surface area contributed by atoms with E-state index < -0.39 is 14.0 Å². The average molecular weight is 216 g/mol. The number of rotatable bonds is 0. The molecule has 10 heteroatoms. The zero-order chi connectivity index (χ0) is 8.08. The summed E-state index contributed by atoms with van der Waals surface area (Å²) in [4.78, 5) is 31.5. The van der Waals surface area contributed by atoms with E-state index in [9.17, 15) is 0 Å². The van der Waals surface area contributed by atoms with Crippen LogP contribution in [0.25, 0.3) is 0 Å². The second-order valence-corrected chi connectivity index (χ2v) is 1.75. The average Bonchev–Trinajstić information content (AvgIpc) is 1.19. The Morgan fingerprint density at radius 2 is 1.27 bits per heavy atom. The van der Waals surface area contributed by atoms with Crippen molar-refractivity contribution in [3.63, 3.8) is 0 Å². The molecule has 0 spiro atoms. The first-order chi connectivity index (χ1) is 3.73. The van der Waals surface area contributed by atoms with E-state index in [0.717, 1.165) is 0 Å². The summed E-state index contributed by atoms with van der Waals surface area (Å²) in [5, 5.41) is 13.9. The predicted octanol–water partition coefficient (Wildman–Crippen LogP) is -1.90. The fourth-order valence-electron chi connectivity index (χ4n) is 0. The van der Waals surface area contributed by atoms with Crippen LogP contribution in [0.2, 0.25) is 0 Å². The van der Waals surface area contributed by atoms with Gasteiger partial charge in [-0.25, -0.2) is 4.79 Å². The molecule has 0 aliphatic rings. The molecule has 0 heterocycles. The molecule has 0 rings (SSSR count). The maximum Gasteiger partial charge on any atom is 2.00 e. The molecule has 0 unspecified atom stereocenters. The monoisotopic (exact) mass is 216 g/mol. The number of carbonyl (C=O) groups is 1. The van der Waals surface area contributed by atoms with E-state index in [4.69, 9.17) is 34.3 Å². The van der Waals surface area contributed by atoms with Crippen molar-refractivity contribution in [1.82, 2.24) is 0 Å². The molecule has 0 fully saturated rings. The molecule has 0 aromatic rings. The van der Waals surface area contributed by atoms with E-state index in [2.05, 4.69) is 0 Å². The molecule has 64 valence electrons. The first kappa shape index (κ1) is 22.6. The van der Waals surface area contributed by atoms with Crippen LogP contribution in [0.4, 0.5) is 4.79 Å². The molecule has 0 aromatic carbocycles. The van der Waals surface area contributed by atoms with Crippen molar-refractivity contribution in [2.24, 2.45) is 0 Å². The third-order valence-electron chi connectivity index (χ3n) is 0. The quantitative estimate of drug-likeness (QED) is 0.269. The zero-order valence-electron chi connectivity index (χ0n) is 5.12. The Balaban J connectivity index is -0.0000000383. The van der Waals surface area contributed by atoms with Crippen molar-refractivity contribution in [3.8, 4) is 0 Å². The van der Waals surface area contributed by atoms with Gasteiger partial charge in [-0.05, 0) is 0 Å². The Labute approximate surface area is 91.0 Å². The minimum absolute atomic E-state index is 0. The van der Waals surface area contributed by atoms with Crippen LogP contribution in [0.3, 0.4) is 0 Å². The SMILES string of the molecule is O=C(O)O.O=P([O-])(O)O.[Ca+2].[OH-]. The summed E-state index contributed by atoms with van der Waals surface area (Å²) < 4.78 is 8.77. The van der Waals surface area contributed by atoms with Crippen LogP contribution in [0.5, 0.6) is 0 Å². The third kappa shape index (κ3) is 2180. The number of phosphoric acid groups is 1. The van der Waals surface area contributed by atoms with Crippen LogP contribution >= 0.6 is 7.82 Å². The minimum Gasteiger partial charge on any atom is -0.870 e. The van der Waals surface area contributed by atoms with Crippen LogP contribution < -0.4 is 4.89 Å². The molecule has 0 radical (unpaired) electrons. The molecular formula is CH5CaO8P. The summed E-state index contributed by atoms with van der Waals surface area (Å²) in [6.45, 7) is 0. The Morgan fingerprint density at radius 3 is 1.27 bits per heavy atom. The number of hydrogen-bond acceptors (Lipinski definition) is 4. The largest absolute Gasteiger partial charge is 2.00 e. The van der Waals surface area contributed by atoms with Gasteiger partial charge in [0.25, 0.3) is 7.82 Å². The van der Waals surface area contributed by atoms with Gasteiger partial charge >= 0.3 is 43.9 Å². The Bertz CT molecular complexity index is 114. The van der Waals surface area contributed by atoms with Crippen LogP contribution in [-0.4, -0.2) is 69.4 Å². The molecule has 0 bridgehead atoms. The van der Waals surface area contributed by atoms with Crippen LogP contribution in [-0.2, 0) is 4.57 Å². The molecule has 0 atom stereocenters. The first-order valence-corrected chi connectivity index (χ1v) is 2.95. The fourth-order valence-corrected chi connectivity index (χ4v) is 0. The van der Waals surface area contributed by atoms with E-state index in [1.165, 1.54) is 0 Å². The van der Waals surface area contributed by atoms with E-state index in [0.29, 0.717) is 0 Å². The standard InChI is InChI=1S/CH2O3.Ca.H3O4P.H2O/c2-1(3)4;;1-5(2,3)4;/h(H2,2,3,4);;(H3,1,2,3,4);1H2/q;+2;;/p-2. The van der Waals surface area contributed by atoms with Crippen molar-refractivity contribution in [2.45, 2.75) is 0 Å². The predicted molar refractivity (Wildman–Crippen MR) is 30.4 cm³/mol. The van der Waals surface area contributed by atoms with Gasteiger partial charge in [-0.15, -0.1) is 0 Å². The van der Waals surface area contributed by atoms with Gasteiger partial charge < -0.3 is 30.4 Å². The van der Waals surface area contributed by atoms with Gasteiger partial charge in [0.05, 0.1) is 0 Å². The molecule has 0 aromatic heterocycles. The normalized spacial score (nSPS) is 7.55. The molecule has 0 saturated carbocycles. The third-order valence-corrected chi connectivity index (χ3v) is 0. The van der Waals surface area contributed by atoms with E-state index in [1.54, 1.807) is 0 Å². The summed E-state index contributed by atoms with van der Waals surface area (Å²) in [6, 6.07) is 0. The summed E-state index contributed by atoms with van der Waals surface area (Å²) in [6.07, 6.45) is -1.83. The molecule has 0 aliphatic heterocycles. The minimum atomic E-state index is -4.89. The van der Waals surface area contributed by atoms with Gasteiger partial charge in [-0.1, -0.05) is 0 Å². The fraction of sp³-hybridized carbons (Fsp3) is 0. The summed E-state index contributed by atoms with van der Waals surface area (Å²) in [5.74, 6) is 0. The maximum absolute atomic E-state index is 8.77. The van der Waals surface area contributed by atoms with Crippen molar-refractivity contribution in [2.75, 3.05) is 0 Å². The van der Waals surface area contributed by atoms with Gasteiger partial charge in [0.15, 0.2) is 0 Å². The van der Waals surface area contributed by atoms with Crippen molar-refractivity contribution >= 4 is 51.7 Å². The van der Waals surface area contributed by atoms with Gasteiger partial charge in [0.2, 0.25) is 0 Å². The molecule has 0 aliphatic carbocycles. The van der Waals surface area contributed by atoms with E-state index >= 15 is 0 Å². The van der Waals surface area contributed by atoms with Gasteiger partial charge in [0, 0.05) is 0 Å². The molecule has 11 heavy (non-hydrogen) atoms. The second kappa shape index (κ2) is 10.6. The van der Waals surface area contributed by atoms with Crippen molar-refractivity contribution in [1.29, 1.82) is 0 Å². The van der Waals surface area contributed by atoms with E-state index in [-0.39, 0.29) is 43.2 Å². The van der Waals surface area contributed by atoms with Crippen LogP contribution in [0, 0.1) is 0 Å². The summed E-state index contributed by atoms with van der Waals surface area (Å²) in [7, 11) is -4.89. The van der Waals surface area contributed by atoms with Crippen molar-refractivity contribution in [3.05, 3.63) is 0 Å². The topological polar surface area (TPSA) is 168 Å². The number of carboxylic acid groups (broad SMARTS) is 2. The van der Waals surface area contributed by atoms with Crippen molar-refractivity contribution < 1.29 is 39.7 Å². The summed E-state index contributed by atoms with van der Waals surface area (Å²) in [5.41, 5.74) is 0. The summed E-state index contributed by atoms with van der Waals surface area (Å²) >= 11 is 0. The first-order valence-electron chi connectivity index (χ1n) is 1.42. The van der Waals surface area contributed by atoms with E-state index in [1.807, 2.05) is 0 Å². The molecule has 0 amide bonds. The van der Waals surface area contributed by atoms with Gasteiger partial charge in [-0.3, -0.25) is 4.57 Å².